The van der Waals surface area contributed by atoms with E-state index in [1.807, 2.05) is 0 Å². The summed E-state index contributed by atoms with van der Waals surface area (Å²) in [5.74, 6) is 0. The first kappa shape index (κ1) is 9.46. The molecule has 1 N–H and O–H groups in total. The van der Waals surface area contributed by atoms with Crippen molar-refractivity contribution in [3.63, 3.8) is 0 Å². The summed E-state index contributed by atoms with van der Waals surface area (Å²) >= 11 is 1.73. The standard InChI is InChI=1S/C11H14N2S/c1-3-8-6-5-7-9-10(8)13-11(14-9)12-4-2/h5-7H,3-4H2,1-2H3,(H,12,13). The number of hydrogen-bond donors (Lipinski definition) is 1. The lowest BCUT2D eigenvalue weighted by Crippen LogP contribution is -1.94. The van der Waals surface area contributed by atoms with Gasteiger partial charge in [-0.1, -0.05) is 30.4 Å². The third-order valence-electron chi connectivity index (χ3n) is 2.21. The lowest BCUT2D eigenvalue weighted by Gasteiger charge is -1.95. The Morgan fingerprint density at radius 2 is 2.21 bits per heavy atom. The summed E-state index contributed by atoms with van der Waals surface area (Å²) in [5.41, 5.74) is 2.50. The Morgan fingerprint density at radius 1 is 1.36 bits per heavy atom. The predicted molar refractivity (Wildman–Crippen MR) is 63.2 cm³/mol. The molecule has 0 aliphatic heterocycles. The van der Waals surface area contributed by atoms with Gasteiger partial charge in [-0.15, -0.1) is 0 Å². The lowest BCUT2D eigenvalue weighted by molar-refractivity contribution is 1.14. The first-order valence-electron chi connectivity index (χ1n) is 4.97. The van der Waals surface area contributed by atoms with Crippen molar-refractivity contribution < 1.29 is 0 Å². The van der Waals surface area contributed by atoms with Crippen LogP contribution in [0.2, 0.25) is 0 Å². The summed E-state index contributed by atoms with van der Waals surface area (Å²) in [6, 6.07) is 6.39. The Morgan fingerprint density at radius 3 is 2.93 bits per heavy atom. The van der Waals surface area contributed by atoms with E-state index in [2.05, 4.69) is 42.3 Å². The summed E-state index contributed by atoms with van der Waals surface area (Å²) in [7, 11) is 0. The number of aryl methyl sites for hydroxylation is 1. The molecule has 2 aromatic rings. The summed E-state index contributed by atoms with van der Waals surface area (Å²) in [4.78, 5) is 4.58. The molecule has 2 nitrogen and oxygen atoms in total. The molecule has 74 valence electrons. The van der Waals surface area contributed by atoms with Gasteiger partial charge in [0.1, 0.15) is 0 Å². The summed E-state index contributed by atoms with van der Waals surface area (Å²) in [6.45, 7) is 5.19. The summed E-state index contributed by atoms with van der Waals surface area (Å²) in [6.07, 6.45) is 1.05. The Kier molecular flexibility index (Phi) is 2.68. The predicted octanol–water partition coefficient (Wildman–Crippen LogP) is 3.29. The molecule has 1 heterocycles. The molecule has 0 saturated heterocycles. The number of hydrogen-bond acceptors (Lipinski definition) is 3. The monoisotopic (exact) mass is 206 g/mol. The average Bonchev–Trinajstić information content (AvgIpc) is 2.60. The molecule has 0 spiro atoms. The zero-order valence-electron chi connectivity index (χ0n) is 8.50. The van der Waals surface area contributed by atoms with Crippen LogP contribution < -0.4 is 5.32 Å². The fraction of sp³-hybridized carbons (Fsp3) is 0.364. The zero-order valence-corrected chi connectivity index (χ0v) is 9.32. The summed E-state index contributed by atoms with van der Waals surface area (Å²) < 4.78 is 1.28. The van der Waals surface area contributed by atoms with Crippen molar-refractivity contribution in [1.29, 1.82) is 0 Å². The Balaban J connectivity index is 2.52. The van der Waals surface area contributed by atoms with E-state index >= 15 is 0 Å². The molecule has 0 unspecified atom stereocenters. The zero-order chi connectivity index (χ0) is 9.97. The van der Waals surface area contributed by atoms with Crippen molar-refractivity contribution in [3.8, 4) is 0 Å². The largest absolute Gasteiger partial charge is 0.362 e. The van der Waals surface area contributed by atoms with Crippen LogP contribution in [0.3, 0.4) is 0 Å². The molecule has 2 rings (SSSR count). The highest BCUT2D eigenvalue weighted by Crippen LogP contribution is 2.28. The van der Waals surface area contributed by atoms with Crippen molar-refractivity contribution in [2.45, 2.75) is 20.3 Å². The second-order valence-electron chi connectivity index (χ2n) is 3.17. The number of nitrogens with zero attached hydrogens (tertiary/aromatic N) is 1. The SMILES string of the molecule is CCNc1nc2c(CC)cccc2s1. The molecule has 0 fully saturated rings. The molecular formula is C11H14N2S. The first-order chi connectivity index (χ1) is 6.85. The lowest BCUT2D eigenvalue weighted by atomic mass is 10.1. The highest BCUT2D eigenvalue weighted by molar-refractivity contribution is 7.22. The third kappa shape index (κ3) is 1.60. The second kappa shape index (κ2) is 3.96. The van der Waals surface area contributed by atoms with Gasteiger partial charge in [0.2, 0.25) is 0 Å². The second-order valence-corrected chi connectivity index (χ2v) is 4.20. The van der Waals surface area contributed by atoms with Crippen LogP contribution in [0, 0.1) is 0 Å². The van der Waals surface area contributed by atoms with E-state index in [1.54, 1.807) is 11.3 Å². The maximum atomic E-state index is 4.58. The fourth-order valence-corrected chi connectivity index (χ4v) is 2.50. The highest BCUT2D eigenvalue weighted by atomic mass is 32.1. The van der Waals surface area contributed by atoms with Crippen LogP contribution in [0.5, 0.6) is 0 Å². The minimum absolute atomic E-state index is 0.932. The van der Waals surface area contributed by atoms with Gasteiger partial charge in [0, 0.05) is 6.54 Å². The normalized spacial score (nSPS) is 10.7. The van der Waals surface area contributed by atoms with Gasteiger partial charge in [0.15, 0.2) is 5.13 Å². The van der Waals surface area contributed by atoms with E-state index in [4.69, 9.17) is 0 Å². The molecule has 3 heteroatoms. The van der Waals surface area contributed by atoms with Crippen LogP contribution in [0.25, 0.3) is 10.2 Å². The number of nitrogens with one attached hydrogen (secondary N) is 1. The van der Waals surface area contributed by atoms with Crippen LogP contribution in [0.4, 0.5) is 5.13 Å². The fourth-order valence-electron chi connectivity index (χ4n) is 1.52. The molecule has 0 aliphatic carbocycles. The maximum Gasteiger partial charge on any atom is 0.183 e. The Labute approximate surface area is 88.0 Å². The van der Waals surface area contributed by atoms with Gasteiger partial charge in [-0.25, -0.2) is 4.98 Å². The van der Waals surface area contributed by atoms with Gasteiger partial charge in [-0.2, -0.15) is 0 Å². The Bertz CT molecular complexity index is 434. The first-order valence-corrected chi connectivity index (χ1v) is 5.79. The van der Waals surface area contributed by atoms with Crippen LogP contribution in [-0.4, -0.2) is 11.5 Å². The minimum atomic E-state index is 0.932. The van der Waals surface area contributed by atoms with Gasteiger partial charge in [-0.05, 0) is 25.0 Å². The number of aromatic nitrogens is 1. The number of fused-ring (bicyclic) bond motifs is 1. The molecule has 0 bridgehead atoms. The van der Waals surface area contributed by atoms with Crippen LogP contribution in [0.1, 0.15) is 19.4 Å². The molecule has 0 radical (unpaired) electrons. The maximum absolute atomic E-state index is 4.58. The number of benzene rings is 1. The number of anilines is 1. The average molecular weight is 206 g/mol. The van der Waals surface area contributed by atoms with Gasteiger partial charge in [0.05, 0.1) is 10.2 Å². The van der Waals surface area contributed by atoms with E-state index < -0.39 is 0 Å². The molecule has 0 aliphatic rings. The van der Waals surface area contributed by atoms with E-state index in [0.29, 0.717) is 0 Å². The molecule has 0 saturated carbocycles. The van der Waals surface area contributed by atoms with Crippen molar-refractivity contribution in [2.75, 3.05) is 11.9 Å². The highest BCUT2D eigenvalue weighted by Gasteiger charge is 2.05. The smallest absolute Gasteiger partial charge is 0.183 e. The topological polar surface area (TPSA) is 24.9 Å². The Hall–Kier alpha value is -1.09. The van der Waals surface area contributed by atoms with Crippen molar-refractivity contribution in [1.82, 2.24) is 4.98 Å². The van der Waals surface area contributed by atoms with Crippen molar-refractivity contribution in [2.24, 2.45) is 0 Å². The van der Waals surface area contributed by atoms with E-state index in [-0.39, 0.29) is 0 Å². The minimum Gasteiger partial charge on any atom is -0.362 e. The molecule has 14 heavy (non-hydrogen) atoms. The molecular weight excluding hydrogens is 192 g/mol. The molecule has 1 aromatic heterocycles. The van der Waals surface area contributed by atoms with Crippen molar-refractivity contribution >= 4 is 26.7 Å². The molecule has 0 atom stereocenters. The van der Waals surface area contributed by atoms with Gasteiger partial charge in [0.25, 0.3) is 0 Å². The number of rotatable bonds is 3. The van der Waals surface area contributed by atoms with Crippen LogP contribution in [-0.2, 0) is 6.42 Å². The summed E-state index contributed by atoms with van der Waals surface area (Å²) in [5, 5.41) is 4.29. The van der Waals surface area contributed by atoms with Gasteiger partial charge >= 0.3 is 0 Å². The van der Waals surface area contributed by atoms with Crippen molar-refractivity contribution in [3.05, 3.63) is 23.8 Å². The van der Waals surface area contributed by atoms with Crippen LogP contribution >= 0.6 is 11.3 Å². The molecule has 0 amide bonds. The van der Waals surface area contributed by atoms with Crippen LogP contribution in [0.15, 0.2) is 18.2 Å². The van der Waals surface area contributed by atoms with E-state index in [9.17, 15) is 0 Å². The number of para-hydroxylation sites is 1. The number of thiazole rings is 1. The van der Waals surface area contributed by atoms with Gasteiger partial charge < -0.3 is 5.32 Å². The quantitative estimate of drug-likeness (QED) is 0.833. The van der Waals surface area contributed by atoms with E-state index in [1.165, 1.54) is 10.3 Å². The van der Waals surface area contributed by atoms with E-state index in [0.717, 1.165) is 23.6 Å². The van der Waals surface area contributed by atoms with Gasteiger partial charge in [-0.3, -0.25) is 0 Å². The third-order valence-corrected chi connectivity index (χ3v) is 3.19. The molecule has 1 aromatic carbocycles.